The summed E-state index contributed by atoms with van der Waals surface area (Å²) in [5.41, 5.74) is 5.38. The molecule has 19 heavy (non-hydrogen) atoms. The van der Waals surface area contributed by atoms with E-state index in [1.54, 1.807) is 32.0 Å². The van der Waals surface area contributed by atoms with Crippen LogP contribution in [0.5, 0.6) is 5.75 Å². The molecule has 6 heteroatoms. The number of nitrogens with one attached hydrogen (secondary N) is 1. The van der Waals surface area contributed by atoms with Crippen molar-refractivity contribution in [1.82, 2.24) is 5.32 Å². The Hall–Kier alpha value is -1.69. The van der Waals surface area contributed by atoms with E-state index in [-0.39, 0.29) is 24.6 Å². The first-order valence-corrected chi connectivity index (χ1v) is 5.88. The fourth-order valence-corrected chi connectivity index (χ4v) is 1.51. The third-order valence-electron chi connectivity index (χ3n) is 2.53. The summed E-state index contributed by atoms with van der Waals surface area (Å²) in [5, 5.41) is 2.73. The maximum absolute atomic E-state index is 12.2. The van der Waals surface area contributed by atoms with E-state index < -0.39 is 12.2 Å². The molecule has 1 amide bonds. The topological polar surface area (TPSA) is 64.3 Å². The van der Waals surface area contributed by atoms with Crippen LogP contribution in [-0.4, -0.2) is 24.6 Å². The Morgan fingerprint density at radius 3 is 2.63 bits per heavy atom. The quantitative estimate of drug-likeness (QED) is 0.828. The largest absolute Gasteiger partial charge is 0.435 e. The second-order valence-electron chi connectivity index (χ2n) is 4.80. The van der Waals surface area contributed by atoms with Crippen LogP contribution >= 0.6 is 0 Å². The fraction of sp³-hybridized carbons (Fsp3) is 0.462. The molecular formula is C13H18F2N2O2. The minimum absolute atomic E-state index is 0.0122. The zero-order valence-corrected chi connectivity index (χ0v) is 11.0. The van der Waals surface area contributed by atoms with Gasteiger partial charge in [-0.25, -0.2) is 0 Å². The number of hydrogen-bond acceptors (Lipinski definition) is 3. The van der Waals surface area contributed by atoms with E-state index in [1.807, 2.05) is 0 Å². The molecule has 4 nitrogen and oxygen atoms in total. The number of hydrogen-bond donors (Lipinski definition) is 2. The summed E-state index contributed by atoms with van der Waals surface area (Å²) in [6, 6.07) is 6.22. The lowest BCUT2D eigenvalue weighted by Gasteiger charge is -2.24. The lowest BCUT2D eigenvalue weighted by Crippen LogP contribution is -2.49. The number of nitrogens with two attached hydrogens (primary N) is 1. The number of alkyl halides is 2. The van der Waals surface area contributed by atoms with Crippen molar-refractivity contribution in [2.45, 2.75) is 32.4 Å². The lowest BCUT2D eigenvalue weighted by atomic mass is 10.0. The number of halogens is 2. The zero-order chi connectivity index (χ0) is 14.5. The standard InChI is InChI=1S/C13H18F2N2O2/c1-13(2,8-16)17-11(18)7-9-5-3-4-6-10(9)19-12(14)15/h3-6,12H,7-8,16H2,1-2H3,(H,17,18). The van der Waals surface area contributed by atoms with E-state index in [4.69, 9.17) is 5.73 Å². The summed E-state index contributed by atoms with van der Waals surface area (Å²) in [6.07, 6.45) is -0.0354. The molecule has 0 radical (unpaired) electrons. The Balaban J connectivity index is 2.74. The van der Waals surface area contributed by atoms with E-state index in [2.05, 4.69) is 10.1 Å². The van der Waals surface area contributed by atoms with Crippen molar-refractivity contribution < 1.29 is 18.3 Å². The lowest BCUT2D eigenvalue weighted by molar-refractivity contribution is -0.122. The van der Waals surface area contributed by atoms with Crippen LogP contribution in [0.3, 0.4) is 0 Å². The normalized spacial score (nSPS) is 11.5. The van der Waals surface area contributed by atoms with E-state index >= 15 is 0 Å². The van der Waals surface area contributed by atoms with Crippen LogP contribution < -0.4 is 15.8 Å². The van der Waals surface area contributed by atoms with Crippen molar-refractivity contribution in [1.29, 1.82) is 0 Å². The Labute approximate surface area is 110 Å². The van der Waals surface area contributed by atoms with Gasteiger partial charge in [0, 0.05) is 17.6 Å². The van der Waals surface area contributed by atoms with Crippen LogP contribution in [0.15, 0.2) is 24.3 Å². The maximum atomic E-state index is 12.2. The molecule has 0 atom stereocenters. The van der Waals surface area contributed by atoms with Gasteiger partial charge in [-0.15, -0.1) is 0 Å². The van der Waals surface area contributed by atoms with Crippen molar-refractivity contribution in [2.75, 3.05) is 6.54 Å². The molecular weight excluding hydrogens is 254 g/mol. The maximum Gasteiger partial charge on any atom is 0.387 e. The van der Waals surface area contributed by atoms with Crippen LogP contribution in [0, 0.1) is 0 Å². The Kier molecular flexibility index (Phi) is 5.23. The molecule has 1 aromatic rings. The third-order valence-corrected chi connectivity index (χ3v) is 2.53. The molecule has 1 rings (SSSR count). The number of carbonyl (C=O) groups is 1. The van der Waals surface area contributed by atoms with Crippen molar-refractivity contribution in [3.05, 3.63) is 29.8 Å². The highest BCUT2D eigenvalue weighted by Crippen LogP contribution is 2.20. The van der Waals surface area contributed by atoms with Crippen molar-refractivity contribution in [3.8, 4) is 5.75 Å². The number of amides is 1. The van der Waals surface area contributed by atoms with Gasteiger partial charge in [-0.05, 0) is 19.9 Å². The van der Waals surface area contributed by atoms with Crippen LogP contribution in [0.1, 0.15) is 19.4 Å². The number of ether oxygens (including phenoxy) is 1. The monoisotopic (exact) mass is 272 g/mol. The van der Waals surface area contributed by atoms with Crippen LogP contribution in [0.4, 0.5) is 8.78 Å². The molecule has 0 heterocycles. The fourth-order valence-electron chi connectivity index (χ4n) is 1.51. The summed E-state index contributed by atoms with van der Waals surface area (Å²) < 4.78 is 28.8. The molecule has 0 bridgehead atoms. The molecule has 106 valence electrons. The van der Waals surface area contributed by atoms with Gasteiger partial charge >= 0.3 is 6.61 Å². The predicted molar refractivity (Wildman–Crippen MR) is 68.1 cm³/mol. The molecule has 0 saturated carbocycles. The van der Waals surface area contributed by atoms with E-state index in [0.717, 1.165) is 0 Å². The summed E-state index contributed by atoms with van der Waals surface area (Å²) in [6.45, 7) is 0.942. The van der Waals surface area contributed by atoms with Gasteiger partial charge in [-0.1, -0.05) is 18.2 Å². The molecule has 0 spiro atoms. The highest BCUT2D eigenvalue weighted by atomic mass is 19.3. The second-order valence-corrected chi connectivity index (χ2v) is 4.80. The van der Waals surface area contributed by atoms with Crippen molar-refractivity contribution in [3.63, 3.8) is 0 Å². The highest BCUT2D eigenvalue weighted by Gasteiger charge is 2.19. The van der Waals surface area contributed by atoms with E-state index in [1.165, 1.54) is 6.07 Å². The first-order chi connectivity index (χ1) is 8.84. The van der Waals surface area contributed by atoms with Gasteiger partial charge < -0.3 is 15.8 Å². The van der Waals surface area contributed by atoms with Crippen LogP contribution in [-0.2, 0) is 11.2 Å². The molecule has 0 aliphatic heterocycles. The van der Waals surface area contributed by atoms with Gasteiger partial charge in [0.2, 0.25) is 5.91 Å². The minimum Gasteiger partial charge on any atom is -0.435 e. The SMILES string of the molecule is CC(C)(CN)NC(=O)Cc1ccccc1OC(F)F. The summed E-state index contributed by atoms with van der Waals surface area (Å²) in [4.78, 5) is 11.8. The number of benzene rings is 1. The predicted octanol–water partition coefficient (Wildman–Crippen LogP) is 1.68. The molecule has 0 aliphatic carbocycles. The first-order valence-electron chi connectivity index (χ1n) is 5.88. The minimum atomic E-state index is -2.91. The summed E-state index contributed by atoms with van der Waals surface area (Å²) in [5.74, 6) is -0.279. The molecule has 0 fully saturated rings. The van der Waals surface area contributed by atoms with Gasteiger partial charge in [0.1, 0.15) is 5.75 Å². The highest BCUT2D eigenvalue weighted by molar-refractivity contribution is 5.80. The van der Waals surface area contributed by atoms with Crippen molar-refractivity contribution >= 4 is 5.91 Å². The van der Waals surface area contributed by atoms with Gasteiger partial charge in [0.15, 0.2) is 0 Å². The van der Waals surface area contributed by atoms with Crippen LogP contribution in [0.25, 0.3) is 0 Å². The van der Waals surface area contributed by atoms with Crippen molar-refractivity contribution in [2.24, 2.45) is 5.73 Å². The van der Waals surface area contributed by atoms with Gasteiger partial charge in [-0.2, -0.15) is 8.78 Å². The number of para-hydroxylation sites is 1. The molecule has 0 aliphatic rings. The second kappa shape index (κ2) is 6.47. The van der Waals surface area contributed by atoms with E-state index in [0.29, 0.717) is 5.56 Å². The summed E-state index contributed by atoms with van der Waals surface area (Å²) >= 11 is 0. The third kappa shape index (κ3) is 5.21. The van der Waals surface area contributed by atoms with Gasteiger partial charge in [-0.3, -0.25) is 4.79 Å². The molecule has 0 saturated heterocycles. The molecule has 0 aromatic heterocycles. The average Bonchev–Trinajstić information content (AvgIpc) is 2.30. The van der Waals surface area contributed by atoms with Gasteiger partial charge in [0.25, 0.3) is 0 Å². The van der Waals surface area contributed by atoms with Crippen LogP contribution in [0.2, 0.25) is 0 Å². The molecule has 0 unspecified atom stereocenters. The first kappa shape index (κ1) is 15.4. The summed E-state index contributed by atoms with van der Waals surface area (Å²) in [7, 11) is 0. The van der Waals surface area contributed by atoms with E-state index in [9.17, 15) is 13.6 Å². The Bertz CT molecular complexity index is 436. The zero-order valence-electron chi connectivity index (χ0n) is 11.0. The number of rotatable bonds is 6. The Morgan fingerprint density at radius 1 is 1.42 bits per heavy atom. The van der Waals surface area contributed by atoms with Gasteiger partial charge in [0.05, 0.1) is 6.42 Å². The molecule has 1 aromatic carbocycles. The smallest absolute Gasteiger partial charge is 0.387 e. The Morgan fingerprint density at radius 2 is 2.05 bits per heavy atom. The average molecular weight is 272 g/mol. The molecule has 3 N–H and O–H groups in total. The number of carbonyl (C=O) groups excluding carboxylic acids is 1.